The number of esters is 1. The predicted molar refractivity (Wildman–Crippen MR) is 115 cm³/mol. The van der Waals surface area contributed by atoms with Gasteiger partial charge in [-0.2, -0.15) is 0 Å². The summed E-state index contributed by atoms with van der Waals surface area (Å²) in [5, 5.41) is 28.9. The van der Waals surface area contributed by atoms with Gasteiger partial charge in [-0.1, -0.05) is 45.9 Å². The molecule has 2 rings (SSSR count). The summed E-state index contributed by atoms with van der Waals surface area (Å²) in [6, 6.07) is 0. The number of hydrogen-bond acceptors (Lipinski definition) is 5. The lowest BCUT2D eigenvalue weighted by Crippen LogP contribution is -2.41. The average molecular weight is 423 g/mol. The first-order valence-corrected chi connectivity index (χ1v) is 11.3. The van der Waals surface area contributed by atoms with Crippen molar-refractivity contribution < 1.29 is 29.6 Å². The van der Waals surface area contributed by atoms with Crippen LogP contribution in [0.5, 0.6) is 0 Å². The number of carbonyl (C=O) groups is 2. The largest absolute Gasteiger partial charge is 0.481 e. The monoisotopic (exact) mass is 422 g/mol. The molecule has 0 saturated heterocycles. The number of aliphatic carboxylic acids is 1. The molecule has 170 valence electrons. The molecule has 6 heteroatoms. The van der Waals surface area contributed by atoms with Crippen molar-refractivity contribution in [1.82, 2.24) is 0 Å². The highest BCUT2D eigenvalue weighted by Gasteiger charge is 2.41. The van der Waals surface area contributed by atoms with Crippen LogP contribution in [0.1, 0.15) is 66.2 Å². The lowest BCUT2D eigenvalue weighted by atomic mass is 9.65. The molecular weight excluding hydrogens is 384 g/mol. The normalized spacial score (nSPS) is 31.3. The fourth-order valence-corrected chi connectivity index (χ4v) is 4.76. The maximum Gasteiger partial charge on any atom is 0.308 e. The second-order valence-corrected chi connectivity index (χ2v) is 9.29. The number of carboxylic acids is 1. The Hall–Kier alpha value is -1.66. The molecule has 3 N–H and O–H groups in total. The maximum atomic E-state index is 12.5. The van der Waals surface area contributed by atoms with Crippen molar-refractivity contribution in [2.24, 2.45) is 29.6 Å². The second-order valence-electron chi connectivity index (χ2n) is 9.29. The first-order chi connectivity index (χ1) is 14.1. The van der Waals surface area contributed by atoms with Crippen LogP contribution in [0.2, 0.25) is 0 Å². The van der Waals surface area contributed by atoms with E-state index in [1.807, 2.05) is 13.8 Å². The number of carbonyl (C=O) groups excluding carboxylic acids is 1. The van der Waals surface area contributed by atoms with Crippen molar-refractivity contribution in [3.05, 3.63) is 23.8 Å². The van der Waals surface area contributed by atoms with Crippen molar-refractivity contribution in [2.75, 3.05) is 0 Å². The van der Waals surface area contributed by atoms with Crippen LogP contribution in [0.25, 0.3) is 0 Å². The van der Waals surface area contributed by atoms with E-state index in [9.17, 15) is 19.8 Å². The average Bonchev–Trinajstić information content (AvgIpc) is 2.65. The Balaban J connectivity index is 2.09. The molecular formula is C24H38O6. The van der Waals surface area contributed by atoms with E-state index in [0.717, 1.165) is 19.3 Å². The minimum atomic E-state index is -1.07. The standard InChI is InChI=1S/C24H38O6/c1-5-15(3)24(29)30-21-11-14(2)10-17-7-6-16(4)20(23(17)21)9-8-18(25)12-19(26)13-22(27)28/h6-7,10,14-16,18-21,23,25-26H,5,8-9,11-13H2,1-4H3,(H,27,28)/t14-,15-,16-,18+,19+,20-,21?,23-/m0/s1. The number of fused-ring (bicyclic) bond motifs is 1. The Morgan fingerprint density at radius 2 is 1.93 bits per heavy atom. The zero-order valence-electron chi connectivity index (χ0n) is 18.7. The Morgan fingerprint density at radius 3 is 2.57 bits per heavy atom. The number of rotatable bonds is 10. The topological polar surface area (TPSA) is 104 Å². The van der Waals surface area contributed by atoms with E-state index < -0.39 is 18.2 Å². The molecule has 8 atom stereocenters. The molecule has 30 heavy (non-hydrogen) atoms. The smallest absolute Gasteiger partial charge is 0.308 e. The lowest BCUT2D eigenvalue weighted by molar-refractivity contribution is -0.158. The number of hydrogen-bond donors (Lipinski definition) is 3. The fraction of sp³-hybridized carbons (Fsp3) is 0.750. The highest BCUT2D eigenvalue weighted by molar-refractivity contribution is 5.72. The molecule has 0 aromatic heterocycles. The third kappa shape index (κ3) is 6.67. The molecule has 6 nitrogen and oxygen atoms in total. The molecule has 0 aromatic rings. The highest BCUT2D eigenvalue weighted by atomic mass is 16.5. The predicted octanol–water partition coefficient (Wildman–Crippen LogP) is 3.72. The van der Waals surface area contributed by atoms with E-state index in [0.29, 0.717) is 12.3 Å². The number of ether oxygens (including phenoxy) is 1. The molecule has 0 radical (unpaired) electrons. The zero-order chi connectivity index (χ0) is 22.4. The summed E-state index contributed by atoms with van der Waals surface area (Å²) in [4.78, 5) is 23.2. The minimum Gasteiger partial charge on any atom is -0.481 e. The molecule has 2 aliphatic carbocycles. The van der Waals surface area contributed by atoms with Gasteiger partial charge in [0.05, 0.1) is 24.5 Å². The maximum absolute atomic E-state index is 12.5. The summed E-state index contributed by atoms with van der Waals surface area (Å²) in [7, 11) is 0. The van der Waals surface area contributed by atoms with E-state index in [2.05, 4.69) is 32.1 Å². The molecule has 0 spiro atoms. The van der Waals surface area contributed by atoms with Gasteiger partial charge < -0.3 is 20.1 Å². The number of carboxylic acid groups (broad SMARTS) is 1. The van der Waals surface area contributed by atoms with Crippen molar-refractivity contribution >= 4 is 11.9 Å². The van der Waals surface area contributed by atoms with Gasteiger partial charge in [-0.05, 0) is 55.4 Å². The van der Waals surface area contributed by atoms with E-state index in [1.165, 1.54) is 5.57 Å². The van der Waals surface area contributed by atoms with Gasteiger partial charge in [-0.15, -0.1) is 0 Å². The van der Waals surface area contributed by atoms with Crippen LogP contribution in [0, 0.1) is 29.6 Å². The Morgan fingerprint density at radius 1 is 1.23 bits per heavy atom. The quantitative estimate of drug-likeness (QED) is 0.464. The van der Waals surface area contributed by atoms with Gasteiger partial charge in [0.2, 0.25) is 0 Å². The molecule has 0 heterocycles. The van der Waals surface area contributed by atoms with Gasteiger partial charge in [0.25, 0.3) is 0 Å². The van der Waals surface area contributed by atoms with Crippen LogP contribution >= 0.6 is 0 Å². The molecule has 0 fully saturated rings. The van der Waals surface area contributed by atoms with Crippen LogP contribution in [-0.4, -0.2) is 45.6 Å². The zero-order valence-corrected chi connectivity index (χ0v) is 18.7. The number of aliphatic hydroxyl groups is 2. The van der Waals surface area contributed by atoms with Gasteiger partial charge in [0.15, 0.2) is 0 Å². The number of aliphatic hydroxyl groups excluding tert-OH is 2. The van der Waals surface area contributed by atoms with Gasteiger partial charge >= 0.3 is 11.9 Å². The van der Waals surface area contributed by atoms with Gasteiger partial charge in [0.1, 0.15) is 6.10 Å². The summed E-state index contributed by atoms with van der Waals surface area (Å²) < 4.78 is 6.00. The van der Waals surface area contributed by atoms with Gasteiger partial charge in [0, 0.05) is 5.92 Å². The molecule has 0 aliphatic heterocycles. The van der Waals surface area contributed by atoms with Crippen LogP contribution in [0.4, 0.5) is 0 Å². The van der Waals surface area contributed by atoms with E-state index >= 15 is 0 Å². The Bertz CT molecular complexity index is 654. The Kier molecular flexibility index (Phi) is 9.10. The summed E-state index contributed by atoms with van der Waals surface area (Å²) in [6.07, 6.45) is 7.07. The number of allylic oxidation sites excluding steroid dienone is 3. The summed E-state index contributed by atoms with van der Waals surface area (Å²) in [6.45, 7) is 8.16. The van der Waals surface area contributed by atoms with Crippen molar-refractivity contribution in [2.45, 2.75) is 84.5 Å². The van der Waals surface area contributed by atoms with Crippen LogP contribution in [0.15, 0.2) is 23.8 Å². The van der Waals surface area contributed by atoms with Gasteiger partial charge in [-0.3, -0.25) is 9.59 Å². The lowest BCUT2D eigenvalue weighted by Gasteiger charge is -2.43. The third-order valence-electron chi connectivity index (χ3n) is 6.67. The van der Waals surface area contributed by atoms with Crippen molar-refractivity contribution in [3.63, 3.8) is 0 Å². The molecule has 2 aliphatic rings. The van der Waals surface area contributed by atoms with E-state index in [-0.39, 0.29) is 48.6 Å². The van der Waals surface area contributed by atoms with Crippen molar-refractivity contribution in [3.8, 4) is 0 Å². The highest BCUT2D eigenvalue weighted by Crippen LogP contribution is 2.45. The third-order valence-corrected chi connectivity index (χ3v) is 6.67. The minimum absolute atomic E-state index is 0.0556. The Labute approximate surface area is 180 Å². The summed E-state index contributed by atoms with van der Waals surface area (Å²) >= 11 is 0. The molecule has 0 saturated carbocycles. The van der Waals surface area contributed by atoms with Crippen molar-refractivity contribution in [1.29, 1.82) is 0 Å². The van der Waals surface area contributed by atoms with Crippen LogP contribution < -0.4 is 0 Å². The first kappa shape index (κ1) is 24.6. The molecule has 0 bridgehead atoms. The van der Waals surface area contributed by atoms with Crippen LogP contribution in [-0.2, 0) is 14.3 Å². The SMILES string of the molecule is CC[C@H](C)C(=O)OC1C[C@@H](C)C=C2C=C[C@H](C)[C@H](CC[C@@H](O)C[C@@H](O)CC(=O)O)[C@H]21. The van der Waals surface area contributed by atoms with E-state index in [4.69, 9.17) is 9.84 Å². The fourth-order valence-electron chi connectivity index (χ4n) is 4.76. The molecule has 0 amide bonds. The summed E-state index contributed by atoms with van der Waals surface area (Å²) in [5.74, 6) is -0.406. The molecule has 0 aromatic carbocycles. The first-order valence-electron chi connectivity index (χ1n) is 11.3. The second kappa shape index (κ2) is 11.1. The molecule has 1 unspecified atom stereocenters. The van der Waals surface area contributed by atoms with Crippen LogP contribution in [0.3, 0.4) is 0 Å². The summed E-state index contributed by atoms with van der Waals surface area (Å²) in [5.41, 5.74) is 1.21. The van der Waals surface area contributed by atoms with Gasteiger partial charge in [-0.25, -0.2) is 0 Å². The van der Waals surface area contributed by atoms with E-state index in [1.54, 1.807) is 0 Å².